The highest BCUT2D eigenvalue weighted by atomic mass is 16.2. The van der Waals surface area contributed by atoms with Gasteiger partial charge in [-0.05, 0) is 57.0 Å². The Balaban J connectivity index is 1.73. The molecule has 1 aliphatic rings. The van der Waals surface area contributed by atoms with Crippen molar-refractivity contribution in [3.05, 3.63) is 29.8 Å². The molecule has 4 heteroatoms. The molecular weight excluding hydrogens is 262 g/mol. The van der Waals surface area contributed by atoms with Gasteiger partial charge in [0, 0.05) is 31.7 Å². The highest BCUT2D eigenvalue weighted by molar-refractivity contribution is 5.76. The van der Waals surface area contributed by atoms with Gasteiger partial charge in [0.2, 0.25) is 5.91 Å². The number of nitrogen functional groups attached to an aromatic ring is 1. The predicted molar refractivity (Wildman–Crippen MR) is 87.0 cm³/mol. The number of carbonyl (C=O) groups excluding carboxylic acids is 1. The quantitative estimate of drug-likeness (QED) is 0.844. The van der Waals surface area contributed by atoms with Crippen LogP contribution in [0.2, 0.25) is 0 Å². The lowest BCUT2D eigenvalue weighted by atomic mass is 9.96. The van der Waals surface area contributed by atoms with Crippen LogP contribution in [-0.4, -0.2) is 49.4 Å². The fourth-order valence-corrected chi connectivity index (χ4v) is 2.98. The first kappa shape index (κ1) is 15.8. The van der Waals surface area contributed by atoms with Crippen LogP contribution in [0.1, 0.15) is 24.8 Å². The molecule has 0 radical (unpaired) electrons. The van der Waals surface area contributed by atoms with E-state index >= 15 is 0 Å². The van der Waals surface area contributed by atoms with E-state index < -0.39 is 0 Å². The molecule has 1 saturated heterocycles. The molecule has 0 spiro atoms. The number of likely N-dealkylation sites (tertiary alicyclic amines) is 1. The van der Waals surface area contributed by atoms with Gasteiger partial charge in [-0.15, -0.1) is 0 Å². The van der Waals surface area contributed by atoms with Crippen molar-refractivity contribution in [3.63, 3.8) is 0 Å². The van der Waals surface area contributed by atoms with Gasteiger partial charge in [-0.1, -0.05) is 12.1 Å². The smallest absolute Gasteiger partial charge is 0.222 e. The lowest BCUT2D eigenvalue weighted by Crippen LogP contribution is -2.40. The van der Waals surface area contributed by atoms with Crippen molar-refractivity contribution in [1.82, 2.24) is 9.80 Å². The number of nitrogens with zero attached hydrogens (tertiary/aromatic N) is 2. The van der Waals surface area contributed by atoms with Crippen LogP contribution in [-0.2, 0) is 11.2 Å². The average Bonchev–Trinajstić information content (AvgIpc) is 2.46. The van der Waals surface area contributed by atoms with Crippen LogP contribution in [0, 0.1) is 5.92 Å². The van der Waals surface area contributed by atoms with Crippen molar-refractivity contribution < 1.29 is 4.79 Å². The number of aryl methyl sites for hydroxylation is 1. The summed E-state index contributed by atoms with van der Waals surface area (Å²) < 4.78 is 0. The van der Waals surface area contributed by atoms with Crippen molar-refractivity contribution >= 4 is 11.6 Å². The first-order chi connectivity index (χ1) is 10.0. The Bertz CT molecular complexity index is 448. The number of nitrogens with two attached hydrogens (primary N) is 1. The van der Waals surface area contributed by atoms with Gasteiger partial charge in [0.1, 0.15) is 0 Å². The molecule has 1 heterocycles. The summed E-state index contributed by atoms with van der Waals surface area (Å²) in [6.45, 7) is 2.96. The van der Waals surface area contributed by atoms with Crippen molar-refractivity contribution in [2.24, 2.45) is 5.92 Å². The summed E-state index contributed by atoms with van der Waals surface area (Å²) in [7, 11) is 4.23. The second kappa shape index (κ2) is 7.46. The number of benzene rings is 1. The maximum atomic E-state index is 12.3. The summed E-state index contributed by atoms with van der Waals surface area (Å²) in [5.74, 6) is 1.02. The Morgan fingerprint density at radius 1 is 1.24 bits per heavy atom. The summed E-state index contributed by atoms with van der Waals surface area (Å²) in [6, 6.07) is 7.80. The van der Waals surface area contributed by atoms with Crippen molar-refractivity contribution in [1.29, 1.82) is 0 Å². The average molecular weight is 289 g/mol. The number of hydrogen-bond acceptors (Lipinski definition) is 3. The number of hydrogen-bond donors (Lipinski definition) is 1. The van der Waals surface area contributed by atoms with Crippen LogP contribution < -0.4 is 5.73 Å². The molecule has 21 heavy (non-hydrogen) atoms. The lowest BCUT2D eigenvalue weighted by molar-refractivity contribution is -0.132. The third-order valence-corrected chi connectivity index (χ3v) is 4.20. The summed E-state index contributed by atoms with van der Waals surface area (Å²) in [6.07, 6.45) is 3.66. The normalized spacial score (nSPS) is 16.4. The fourth-order valence-electron chi connectivity index (χ4n) is 2.98. The lowest BCUT2D eigenvalue weighted by Gasteiger charge is -2.33. The van der Waals surface area contributed by atoms with Gasteiger partial charge in [0.15, 0.2) is 0 Å². The van der Waals surface area contributed by atoms with Gasteiger partial charge in [0.25, 0.3) is 0 Å². The first-order valence-corrected chi connectivity index (χ1v) is 7.81. The zero-order valence-electron chi connectivity index (χ0n) is 13.2. The molecular formula is C17H27N3O. The highest BCUT2D eigenvalue weighted by Gasteiger charge is 2.22. The second-order valence-electron chi connectivity index (χ2n) is 6.33. The van der Waals surface area contributed by atoms with E-state index in [2.05, 4.69) is 19.0 Å². The molecule has 1 fully saturated rings. The third kappa shape index (κ3) is 5.05. The maximum Gasteiger partial charge on any atom is 0.222 e. The summed E-state index contributed by atoms with van der Waals surface area (Å²) in [5, 5.41) is 0. The van der Waals surface area contributed by atoms with Crippen molar-refractivity contribution in [3.8, 4) is 0 Å². The van der Waals surface area contributed by atoms with Gasteiger partial charge in [-0.25, -0.2) is 0 Å². The number of anilines is 1. The molecule has 1 aliphatic heterocycles. The van der Waals surface area contributed by atoms with E-state index in [-0.39, 0.29) is 5.91 Å². The zero-order chi connectivity index (χ0) is 15.2. The minimum absolute atomic E-state index is 0.287. The van der Waals surface area contributed by atoms with Gasteiger partial charge < -0.3 is 15.5 Å². The van der Waals surface area contributed by atoms with Crippen LogP contribution in [0.15, 0.2) is 24.3 Å². The molecule has 116 valence electrons. The van der Waals surface area contributed by atoms with E-state index in [1.165, 1.54) is 5.56 Å². The molecule has 0 atom stereocenters. The van der Waals surface area contributed by atoms with E-state index in [1.54, 1.807) is 0 Å². The summed E-state index contributed by atoms with van der Waals surface area (Å²) in [5.41, 5.74) is 7.62. The Hall–Kier alpha value is -1.55. The third-order valence-electron chi connectivity index (χ3n) is 4.20. The number of amides is 1. The van der Waals surface area contributed by atoms with E-state index in [0.717, 1.165) is 50.5 Å². The predicted octanol–water partition coefficient (Wildman–Crippen LogP) is 2.00. The monoisotopic (exact) mass is 289 g/mol. The molecule has 1 aromatic rings. The Kier molecular flexibility index (Phi) is 5.62. The summed E-state index contributed by atoms with van der Waals surface area (Å²) in [4.78, 5) is 16.5. The van der Waals surface area contributed by atoms with Crippen LogP contribution >= 0.6 is 0 Å². The number of carbonyl (C=O) groups is 1. The minimum atomic E-state index is 0.287. The molecule has 1 amide bonds. The Labute approximate surface area is 127 Å². The topological polar surface area (TPSA) is 49.6 Å². The van der Waals surface area contributed by atoms with Crippen LogP contribution in [0.4, 0.5) is 5.69 Å². The fraction of sp³-hybridized carbons (Fsp3) is 0.588. The number of rotatable bonds is 5. The molecule has 1 aromatic carbocycles. The number of piperidine rings is 1. The van der Waals surface area contributed by atoms with Crippen LogP contribution in [0.25, 0.3) is 0 Å². The van der Waals surface area contributed by atoms with Gasteiger partial charge >= 0.3 is 0 Å². The molecule has 2 N–H and O–H groups in total. The minimum Gasteiger partial charge on any atom is -0.399 e. The zero-order valence-corrected chi connectivity index (χ0v) is 13.2. The van der Waals surface area contributed by atoms with E-state index in [9.17, 15) is 4.79 Å². The van der Waals surface area contributed by atoms with Crippen LogP contribution in [0.3, 0.4) is 0 Å². The summed E-state index contributed by atoms with van der Waals surface area (Å²) >= 11 is 0. The molecule has 0 aliphatic carbocycles. The molecule has 0 saturated carbocycles. The van der Waals surface area contributed by atoms with E-state index in [1.807, 2.05) is 29.2 Å². The molecule has 0 aromatic heterocycles. The highest BCUT2D eigenvalue weighted by Crippen LogP contribution is 2.19. The Morgan fingerprint density at radius 2 is 1.86 bits per heavy atom. The first-order valence-electron chi connectivity index (χ1n) is 7.81. The van der Waals surface area contributed by atoms with E-state index in [4.69, 9.17) is 5.73 Å². The molecule has 0 bridgehead atoms. The van der Waals surface area contributed by atoms with Gasteiger partial charge in [-0.3, -0.25) is 4.79 Å². The van der Waals surface area contributed by atoms with Gasteiger partial charge in [0.05, 0.1) is 0 Å². The molecule has 2 rings (SSSR count). The van der Waals surface area contributed by atoms with Crippen LogP contribution in [0.5, 0.6) is 0 Å². The molecule has 0 unspecified atom stereocenters. The SMILES string of the molecule is CN(C)CC1CCN(C(=O)CCc2ccc(N)cc2)CC1. The van der Waals surface area contributed by atoms with E-state index in [0.29, 0.717) is 6.42 Å². The van der Waals surface area contributed by atoms with Crippen molar-refractivity contribution in [2.45, 2.75) is 25.7 Å². The van der Waals surface area contributed by atoms with Gasteiger partial charge in [-0.2, -0.15) is 0 Å². The largest absolute Gasteiger partial charge is 0.399 e. The standard InChI is InChI=1S/C17H27N3O/c1-19(2)13-15-9-11-20(12-10-15)17(21)8-5-14-3-6-16(18)7-4-14/h3-4,6-7,15H,5,8-13,18H2,1-2H3. The maximum absolute atomic E-state index is 12.3. The second-order valence-corrected chi connectivity index (χ2v) is 6.33. The van der Waals surface area contributed by atoms with Crippen molar-refractivity contribution in [2.75, 3.05) is 39.5 Å². The molecule has 4 nitrogen and oxygen atoms in total. The Morgan fingerprint density at radius 3 is 2.43 bits per heavy atom.